The van der Waals surface area contributed by atoms with E-state index < -0.39 is 0 Å². The molecule has 0 aromatic carbocycles. The minimum Gasteiger partial charge on any atom is -0.354 e. The first-order valence-corrected chi connectivity index (χ1v) is 6.09. The number of hydrogen-bond donors (Lipinski definition) is 1. The molecule has 0 aliphatic carbocycles. The Labute approximate surface area is 105 Å². The van der Waals surface area contributed by atoms with E-state index in [-0.39, 0.29) is 5.91 Å². The number of anilines is 1. The summed E-state index contributed by atoms with van der Waals surface area (Å²) in [7, 11) is 0. The van der Waals surface area contributed by atoms with Crippen LogP contribution in [0.4, 0.5) is 5.95 Å². The number of likely N-dealkylation sites (tertiary alicyclic amines) is 1. The van der Waals surface area contributed by atoms with Gasteiger partial charge in [-0.15, -0.1) is 0 Å². The van der Waals surface area contributed by atoms with E-state index in [2.05, 4.69) is 15.3 Å². The molecule has 1 aromatic heterocycles. The van der Waals surface area contributed by atoms with Crippen LogP contribution in [-0.2, 0) is 4.79 Å². The van der Waals surface area contributed by atoms with Crippen molar-refractivity contribution < 1.29 is 9.59 Å². The van der Waals surface area contributed by atoms with Crippen molar-refractivity contribution in [3.8, 4) is 0 Å². The van der Waals surface area contributed by atoms with Gasteiger partial charge in [0.25, 0.3) is 0 Å². The Bertz CT molecular complexity index is 436. The zero-order chi connectivity index (χ0) is 12.8. The highest BCUT2D eigenvalue weighted by Crippen LogP contribution is 2.09. The number of carbonyl (C=O) groups is 2. The quantitative estimate of drug-likeness (QED) is 0.593. The van der Waals surface area contributed by atoms with Gasteiger partial charge >= 0.3 is 0 Å². The molecule has 1 N–H and O–H groups in total. The molecule has 2 rings (SSSR count). The van der Waals surface area contributed by atoms with Crippen LogP contribution in [0.2, 0.25) is 0 Å². The molecule has 0 radical (unpaired) electrons. The fourth-order valence-electron chi connectivity index (χ4n) is 1.93. The molecule has 96 valence electrons. The first-order valence-electron chi connectivity index (χ1n) is 6.09. The van der Waals surface area contributed by atoms with Crippen LogP contribution in [0, 0.1) is 0 Å². The van der Waals surface area contributed by atoms with E-state index in [1.165, 1.54) is 0 Å². The maximum absolute atomic E-state index is 11.4. The van der Waals surface area contributed by atoms with E-state index in [4.69, 9.17) is 0 Å². The Morgan fingerprint density at radius 2 is 2.39 bits per heavy atom. The fourth-order valence-corrected chi connectivity index (χ4v) is 1.93. The molecular weight excluding hydrogens is 232 g/mol. The van der Waals surface area contributed by atoms with Crippen molar-refractivity contribution in [2.75, 3.05) is 25.0 Å². The summed E-state index contributed by atoms with van der Waals surface area (Å²) in [6.45, 7) is 2.32. The first kappa shape index (κ1) is 12.5. The van der Waals surface area contributed by atoms with Crippen LogP contribution in [0.5, 0.6) is 0 Å². The first-order chi connectivity index (χ1) is 8.79. The highest BCUT2D eigenvalue weighted by Gasteiger charge is 2.18. The van der Waals surface area contributed by atoms with Crippen LogP contribution >= 0.6 is 0 Å². The fraction of sp³-hybridized carbons (Fsp3) is 0.500. The molecule has 1 aromatic rings. The Kier molecular flexibility index (Phi) is 4.22. The van der Waals surface area contributed by atoms with Gasteiger partial charge in [-0.3, -0.25) is 9.59 Å². The summed E-state index contributed by atoms with van der Waals surface area (Å²) in [5.41, 5.74) is 0.363. The zero-order valence-electron chi connectivity index (χ0n) is 10.1. The van der Waals surface area contributed by atoms with Crippen molar-refractivity contribution in [1.82, 2.24) is 14.9 Å². The Balaban J connectivity index is 1.71. The molecule has 0 bridgehead atoms. The summed E-state index contributed by atoms with van der Waals surface area (Å²) in [6, 6.07) is 1.56. The second-order valence-electron chi connectivity index (χ2n) is 4.19. The number of aromatic nitrogens is 2. The molecule has 1 aliphatic rings. The lowest BCUT2D eigenvalue weighted by molar-refractivity contribution is -0.127. The van der Waals surface area contributed by atoms with E-state index in [9.17, 15) is 9.59 Å². The predicted molar refractivity (Wildman–Crippen MR) is 66.3 cm³/mol. The number of nitrogens with zero attached hydrogens (tertiary/aromatic N) is 3. The molecule has 0 saturated carbocycles. The maximum Gasteiger partial charge on any atom is 0.223 e. The van der Waals surface area contributed by atoms with Gasteiger partial charge in [-0.1, -0.05) is 0 Å². The van der Waals surface area contributed by atoms with Crippen LogP contribution in [0.25, 0.3) is 0 Å². The lowest BCUT2D eigenvalue weighted by Gasteiger charge is -2.15. The molecule has 6 heteroatoms. The topological polar surface area (TPSA) is 75.2 Å². The largest absolute Gasteiger partial charge is 0.354 e. The van der Waals surface area contributed by atoms with Gasteiger partial charge in [-0.05, 0) is 18.9 Å². The van der Waals surface area contributed by atoms with Crippen molar-refractivity contribution in [2.45, 2.75) is 19.3 Å². The van der Waals surface area contributed by atoms with Crippen molar-refractivity contribution >= 4 is 18.1 Å². The molecule has 0 atom stereocenters. The van der Waals surface area contributed by atoms with Crippen LogP contribution in [-0.4, -0.2) is 46.7 Å². The minimum absolute atomic E-state index is 0.245. The average Bonchev–Trinajstić information content (AvgIpc) is 2.81. The van der Waals surface area contributed by atoms with Gasteiger partial charge in [0.05, 0.1) is 0 Å². The standard InChI is InChI=1S/C12H16N4O2/c17-9-10-4-6-14-12(15-10)13-5-2-8-16-7-1-3-11(16)18/h4,6,9H,1-3,5,7-8H2,(H,13,14,15). The molecule has 1 amide bonds. The Morgan fingerprint density at radius 1 is 1.50 bits per heavy atom. The lowest BCUT2D eigenvalue weighted by atomic mass is 10.4. The highest BCUT2D eigenvalue weighted by molar-refractivity contribution is 5.78. The summed E-state index contributed by atoms with van der Waals surface area (Å²) in [5.74, 6) is 0.696. The van der Waals surface area contributed by atoms with E-state index in [1.54, 1.807) is 12.3 Å². The molecule has 1 aliphatic heterocycles. The van der Waals surface area contributed by atoms with Crippen molar-refractivity contribution in [3.63, 3.8) is 0 Å². The normalized spacial score (nSPS) is 14.9. The number of carbonyl (C=O) groups excluding carboxylic acids is 2. The molecule has 0 spiro atoms. The predicted octanol–water partition coefficient (Wildman–Crippen LogP) is 0.713. The molecule has 2 heterocycles. The average molecular weight is 248 g/mol. The molecule has 1 fully saturated rings. The van der Waals surface area contributed by atoms with E-state index in [0.29, 0.717) is 30.9 Å². The SMILES string of the molecule is O=Cc1ccnc(NCCCN2CCCC2=O)n1. The van der Waals surface area contributed by atoms with Gasteiger partial charge < -0.3 is 10.2 Å². The number of nitrogens with one attached hydrogen (secondary N) is 1. The minimum atomic E-state index is 0.245. The number of hydrogen-bond acceptors (Lipinski definition) is 5. The summed E-state index contributed by atoms with van der Waals surface area (Å²) in [5, 5.41) is 3.04. The van der Waals surface area contributed by atoms with Crippen molar-refractivity contribution in [2.24, 2.45) is 0 Å². The van der Waals surface area contributed by atoms with E-state index >= 15 is 0 Å². The van der Waals surface area contributed by atoms with Crippen LogP contribution < -0.4 is 5.32 Å². The lowest BCUT2D eigenvalue weighted by Crippen LogP contribution is -2.27. The van der Waals surface area contributed by atoms with Gasteiger partial charge in [0, 0.05) is 32.3 Å². The molecule has 18 heavy (non-hydrogen) atoms. The maximum atomic E-state index is 11.4. The monoisotopic (exact) mass is 248 g/mol. The Hall–Kier alpha value is -1.98. The van der Waals surface area contributed by atoms with Gasteiger partial charge in [0.2, 0.25) is 11.9 Å². The highest BCUT2D eigenvalue weighted by atomic mass is 16.2. The second-order valence-corrected chi connectivity index (χ2v) is 4.19. The summed E-state index contributed by atoms with van der Waals surface area (Å²) < 4.78 is 0. The van der Waals surface area contributed by atoms with E-state index in [0.717, 1.165) is 25.9 Å². The third-order valence-electron chi connectivity index (χ3n) is 2.86. The van der Waals surface area contributed by atoms with Gasteiger partial charge in [-0.2, -0.15) is 0 Å². The van der Waals surface area contributed by atoms with Crippen LogP contribution in [0.3, 0.4) is 0 Å². The summed E-state index contributed by atoms with van der Waals surface area (Å²) in [6.07, 6.45) is 4.73. The third-order valence-corrected chi connectivity index (χ3v) is 2.86. The van der Waals surface area contributed by atoms with Crippen LogP contribution in [0.1, 0.15) is 29.8 Å². The zero-order valence-corrected chi connectivity index (χ0v) is 10.1. The van der Waals surface area contributed by atoms with Crippen molar-refractivity contribution in [1.29, 1.82) is 0 Å². The molecule has 6 nitrogen and oxygen atoms in total. The number of aldehydes is 1. The second kappa shape index (κ2) is 6.09. The van der Waals surface area contributed by atoms with Gasteiger partial charge in [-0.25, -0.2) is 9.97 Å². The van der Waals surface area contributed by atoms with Gasteiger partial charge in [0.15, 0.2) is 6.29 Å². The number of rotatable bonds is 6. The number of amides is 1. The molecular formula is C12H16N4O2. The van der Waals surface area contributed by atoms with E-state index in [1.807, 2.05) is 4.90 Å². The van der Waals surface area contributed by atoms with Crippen molar-refractivity contribution in [3.05, 3.63) is 18.0 Å². The summed E-state index contributed by atoms with van der Waals surface area (Å²) in [4.78, 5) is 31.8. The Morgan fingerprint density at radius 3 is 3.11 bits per heavy atom. The van der Waals surface area contributed by atoms with Gasteiger partial charge in [0.1, 0.15) is 5.69 Å². The molecule has 1 saturated heterocycles. The third kappa shape index (κ3) is 3.26. The van der Waals surface area contributed by atoms with Crippen LogP contribution in [0.15, 0.2) is 12.3 Å². The smallest absolute Gasteiger partial charge is 0.223 e. The molecule has 0 unspecified atom stereocenters. The summed E-state index contributed by atoms with van der Waals surface area (Å²) >= 11 is 0.